The molecule has 0 amide bonds. The third-order valence-electron chi connectivity index (χ3n) is 4.10. The highest BCUT2D eigenvalue weighted by Gasteiger charge is 2.15. The van der Waals surface area contributed by atoms with Gasteiger partial charge in [0.15, 0.2) is 5.82 Å². The third kappa shape index (κ3) is 3.23. The van der Waals surface area contributed by atoms with Gasteiger partial charge in [-0.1, -0.05) is 36.4 Å². The van der Waals surface area contributed by atoms with E-state index in [0.29, 0.717) is 16.9 Å². The molecule has 7 heteroatoms. The van der Waals surface area contributed by atoms with Crippen molar-refractivity contribution < 1.29 is 4.42 Å². The van der Waals surface area contributed by atoms with E-state index < -0.39 is 0 Å². The molecular formula is C21H13N5OS. The molecule has 0 fully saturated rings. The third-order valence-corrected chi connectivity index (χ3v) is 4.94. The van der Waals surface area contributed by atoms with Gasteiger partial charge in [0.2, 0.25) is 5.89 Å². The molecule has 5 aromatic rings. The number of aromatic nitrogens is 5. The number of hydrogen-bond acceptors (Lipinski definition) is 7. The molecule has 0 bridgehead atoms. The molecule has 0 unspecified atom stereocenters. The van der Waals surface area contributed by atoms with Gasteiger partial charge in [-0.2, -0.15) is 0 Å². The van der Waals surface area contributed by atoms with Gasteiger partial charge in [0, 0.05) is 28.9 Å². The van der Waals surface area contributed by atoms with E-state index in [2.05, 4.69) is 20.2 Å². The average Bonchev–Trinajstić information content (AvgIpc) is 3.23. The fourth-order valence-electron chi connectivity index (χ4n) is 2.78. The summed E-state index contributed by atoms with van der Waals surface area (Å²) in [5, 5.41) is 10.4. The maximum atomic E-state index is 5.84. The van der Waals surface area contributed by atoms with Crippen LogP contribution < -0.4 is 0 Å². The van der Waals surface area contributed by atoms with Gasteiger partial charge in [-0.25, -0.2) is 9.97 Å². The highest BCUT2D eigenvalue weighted by atomic mass is 32.2. The second-order valence-corrected chi connectivity index (χ2v) is 6.89. The summed E-state index contributed by atoms with van der Waals surface area (Å²) in [5.74, 6) is 1.09. The van der Waals surface area contributed by atoms with Crippen molar-refractivity contribution in [1.29, 1.82) is 0 Å². The van der Waals surface area contributed by atoms with E-state index in [1.165, 1.54) is 11.8 Å². The first-order valence-electron chi connectivity index (χ1n) is 8.61. The second-order valence-electron chi connectivity index (χ2n) is 5.95. The first kappa shape index (κ1) is 16.6. The Morgan fingerprint density at radius 2 is 1.57 bits per heavy atom. The number of nitrogens with zero attached hydrogens (tertiary/aromatic N) is 5. The van der Waals surface area contributed by atoms with Crippen molar-refractivity contribution in [1.82, 2.24) is 25.1 Å². The molecule has 0 atom stereocenters. The normalized spacial score (nSPS) is 11.0. The van der Waals surface area contributed by atoms with Crippen molar-refractivity contribution in [2.45, 2.75) is 10.2 Å². The minimum absolute atomic E-state index is 0.430. The second kappa shape index (κ2) is 7.21. The van der Waals surface area contributed by atoms with Crippen LogP contribution in [0.1, 0.15) is 0 Å². The standard InChI is InChI=1S/C21H13N5OS/c1-2-7-14(8-3-1)19-25-26-21(27-19)28-20-16-10-4-5-11-17(16)23-18(24-20)15-9-6-12-22-13-15/h1-13H. The molecule has 0 spiro atoms. The largest absolute Gasteiger partial charge is 0.411 e. The van der Waals surface area contributed by atoms with E-state index in [0.717, 1.165) is 27.1 Å². The van der Waals surface area contributed by atoms with Crippen molar-refractivity contribution in [3.8, 4) is 22.8 Å². The zero-order valence-electron chi connectivity index (χ0n) is 14.6. The summed E-state index contributed by atoms with van der Waals surface area (Å²) in [5.41, 5.74) is 2.58. The van der Waals surface area contributed by atoms with Crippen LogP contribution in [0.2, 0.25) is 0 Å². The van der Waals surface area contributed by atoms with Gasteiger partial charge in [0.1, 0.15) is 5.03 Å². The maximum absolute atomic E-state index is 5.84. The zero-order chi connectivity index (χ0) is 18.8. The summed E-state index contributed by atoms with van der Waals surface area (Å²) in [4.78, 5) is 13.6. The topological polar surface area (TPSA) is 77.6 Å². The summed E-state index contributed by atoms with van der Waals surface area (Å²) in [7, 11) is 0. The van der Waals surface area contributed by atoms with Gasteiger partial charge in [-0.15, -0.1) is 10.2 Å². The van der Waals surface area contributed by atoms with Crippen LogP contribution in [0.15, 0.2) is 93.8 Å². The molecular weight excluding hydrogens is 370 g/mol. The summed E-state index contributed by atoms with van der Waals surface area (Å²) >= 11 is 1.33. The Hall–Kier alpha value is -3.58. The minimum Gasteiger partial charge on any atom is -0.411 e. The van der Waals surface area contributed by atoms with E-state index in [1.807, 2.05) is 66.7 Å². The van der Waals surface area contributed by atoms with Crippen LogP contribution in [0.5, 0.6) is 0 Å². The molecule has 0 aliphatic rings. The number of benzene rings is 2. The lowest BCUT2D eigenvalue weighted by atomic mass is 10.2. The van der Waals surface area contributed by atoms with Crippen LogP contribution in [0.3, 0.4) is 0 Å². The summed E-state index contributed by atoms with van der Waals surface area (Å²) < 4.78 is 5.84. The Bertz CT molecular complexity index is 1240. The monoisotopic (exact) mass is 383 g/mol. The minimum atomic E-state index is 0.430. The van der Waals surface area contributed by atoms with Crippen LogP contribution in [0.4, 0.5) is 0 Å². The highest BCUT2D eigenvalue weighted by molar-refractivity contribution is 7.99. The van der Waals surface area contributed by atoms with Crippen LogP contribution in [0, 0.1) is 0 Å². The number of fused-ring (bicyclic) bond motifs is 1. The van der Waals surface area contributed by atoms with Gasteiger partial charge in [-0.05, 0) is 42.1 Å². The lowest BCUT2D eigenvalue weighted by Gasteiger charge is -2.06. The van der Waals surface area contributed by atoms with Crippen LogP contribution in [-0.2, 0) is 0 Å². The van der Waals surface area contributed by atoms with Crippen molar-refractivity contribution in [2.75, 3.05) is 0 Å². The molecule has 0 saturated carbocycles. The Balaban J connectivity index is 1.56. The molecule has 134 valence electrons. The number of hydrogen-bond donors (Lipinski definition) is 0. The zero-order valence-corrected chi connectivity index (χ0v) is 15.4. The highest BCUT2D eigenvalue weighted by Crippen LogP contribution is 2.33. The van der Waals surface area contributed by atoms with E-state index in [4.69, 9.17) is 9.40 Å². The Morgan fingerprint density at radius 3 is 2.43 bits per heavy atom. The lowest BCUT2D eigenvalue weighted by molar-refractivity contribution is 0.465. The van der Waals surface area contributed by atoms with Gasteiger partial charge < -0.3 is 4.42 Å². The fourth-order valence-corrected chi connectivity index (χ4v) is 3.56. The molecule has 6 nitrogen and oxygen atoms in total. The molecule has 0 saturated heterocycles. The first-order chi connectivity index (χ1) is 13.9. The van der Waals surface area contributed by atoms with Crippen LogP contribution in [0.25, 0.3) is 33.7 Å². The summed E-state index contributed by atoms with van der Waals surface area (Å²) in [6, 6.07) is 21.3. The quantitative estimate of drug-likeness (QED) is 0.409. The van der Waals surface area contributed by atoms with Crippen molar-refractivity contribution in [2.24, 2.45) is 0 Å². The van der Waals surface area contributed by atoms with E-state index >= 15 is 0 Å². The van der Waals surface area contributed by atoms with Crippen LogP contribution in [-0.4, -0.2) is 25.1 Å². The Kier molecular flexibility index (Phi) is 4.27. The molecule has 0 aliphatic heterocycles. The van der Waals surface area contributed by atoms with E-state index in [1.54, 1.807) is 12.4 Å². The van der Waals surface area contributed by atoms with Crippen molar-refractivity contribution in [3.63, 3.8) is 0 Å². The van der Waals surface area contributed by atoms with Crippen LogP contribution >= 0.6 is 11.8 Å². The Labute approximate surface area is 164 Å². The Morgan fingerprint density at radius 1 is 0.750 bits per heavy atom. The van der Waals surface area contributed by atoms with Crippen molar-refractivity contribution in [3.05, 3.63) is 79.1 Å². The van der Waals surface area contributed by atoms with Gasteiger partial charge in [0.25, 0.3) is 5.22 Å². The summed E-state index contributed by atoms with van der Waals surface area (Å²) in [6.07, 6.45) is 3.47. The van der Waals surface area contributed by atoms with E-state index in [9.17, 15) is 0 Å². The molecule has 2 aromatic carbocycles. The van der Waals surface area contributed by atoms with Crippen molar-refractivity contribution >= 4 is 22.7 Å². The molecule has 28 heavy (non-hydrogen) atoms. The molecule has 3 heterocycles. The number of pyridine rings is 1. The average molecular weight is 383 g/mol. The van der Waals surface area contributed by atoms with Gasteiger partial charge in [0.05, 0.1) is 5.52 Å². The van der Waals surface area contributed by atoms with Gasteiger partial charge in [-0.3, -0.25) is 4.98 Å². The first-order valence-corrected chi connectivity index (χ1v) is 9.42. The smallest absolute Gasteiger partial charge is 0.283 e. The number of para-hydroxylation sites is 1. The SMILES string of the molecule is c1ccc(-c2nnc(Sc3nc(-c4cccnc4)nc4ccccc34)o2)cc1. The maximum Gasteiger partial charge on any atom is 0.283 e. The summed E-state index contributed by atoms with van der Waals surface area (Å²) in [6.45, 7) is 0. The molecule has 0 radical (unpaired) electrons. The molecule has 0 N–H and O–H groups in total. The van der Waals surface area contributed by atoms with Gasteiger partial charge >= 0.3 is 0 Å². The molecule has 5 rings (SSSR count). The predicted molar refractivity (Wildman–Crippen MR) is 107 cm³/mol. The molecule has 3 aromatic heterocycles. The molecule has 0 aliphatic carbocycles. The lowest BCUT2D eigenvalue weighted by Crippen LogP contribution is -1.94. The predicted octanol–water partition coefficient (Wildman–Crippen LogP) is 4.89. The number of rotatable bonds is 4. The van der Waals surface area contributed by atoms with E-state index in [-0.39, 0.29) is 0 Å². The fraction of sp³-hybridized carbons (Fsp3) is 0.